The summed E-state index contributed by atoms with van der Waals surface area (Å²) in [5.41, 5.74) is 7.20. The number of rotatable bonds is 5. The van der Waals surface area contributed by atoms with Crippen LogP contribution in [-0.2, 0) is 10.5 Å². The van der Waals surface area contributed by atoms with Crippen molar-refractivity contribution in [2.75, 3.05) is 0 Å². The van der Waals surface area contributed by atoms with Crippen molar-refractivity contribution >= 4 is 28.8 Å². The lowest BCUT2D eigenvalue weighted by molar-refractivity contribution is -0.139. The molecule has 0 aliphatic carbocycles. The van der Waals surface area contributed by atoms with E-state index >= 15 is 0 Å². The van der Waals surface area contributed by atoms with Crippen molar-refractivity contribution in [2.45, 2.75) is 30.4 Å². The van der Waals surface area contributed by atoms with Crippen LogP contribution >= 0.6 is 11.8 Å². The Labute approximate surface area is 115 Å². The molecular weight excluding hydrogens is 264 g/mol. The molecule has 1 atom stereocenters. The Morgan fingerprint density at radius 2 is 2.21 bits per heavy atom. The molecule has 6 heteroatoms. The number of carboxylic acid groups (broad SMARTS) is 1. The van der Waals surface area contributed by atoms with Crippen LogP contribution in [-0.4, -0.2) is 26.8 Å². The van der Waals surface area contributed by atoms with E-state index in [1.165, 1.54) is 11.8 Å². The molecule has 1 heterocycles. The molecule has 102 valence electrons. The van der Waals surface area contributed by atoms with Crippen molar-refractivity contribution < 1.29 is 14.3 Å². The predicted molar refractivity (Wildman–Crippen MR) is 75.0 cm³/mol. The third-order valence-corrected chi connectivity index (χ3v) is 4.31. The zero-order chi connectivity index (χ0) is 14.0. The van der Waals surface area contributed by atoms with Crippen LogP contribution in [0.2, 0.25) is 0 Å². The van der Waals surface area contributed by atoms with E-state index in [4.69, 9.17) is 15.3 Å². The van der Waals surface area contributed by atoms with Crippen LogP contribution in [0.5, 0.6) is 0 Å². The number of oxazole rings is 1. The fourth-order valence-electron chi connectivity index (χ4n) is 1.62. The molecule has 3 N–H and O–H groups in total. The molecule has 0 spiro atoms. The van der Waals surface area contributed by atoms with Crippen LogP contribution in [0.25, 0.3) is 11.1 Å². The minimum atomic E-state index is -1.00. The van der Waals surface area contributed by atoms with Crippen LogP contribution in [0.1, 0.15) is 19.7 Å². The molecule has 2 aromatic rings. The largest absolute Gasteiger partial charge is 0.480 e. The van der Waals surface area contributed by atoms with Gasteiger partial charge in [-0.25, -0.2) is 4.98 Å². The van der Waals surface area contributed by atoms with Gasteiger partial charge >= 0.3 is 5.97 Å². The lowest BCUT2D eigenvalue weighted by Crippen LogP contribution is -2.46. The molecule has 0 fully saturated rings. The minimum Gasteiger partial charge on any atom is -0.480 e. The summed E-state index contributed by atoms with van der Waals surface area (Å²) >= 11 is 1.42. The minimum absolute atomic E-state index is 0.489. The summed E-state index contributed by atoms with van der Waals surface area (Å²) < 4.78 is 4.99. The summed E-state index contributed by atoms with van der Waals surface area (Å²) in [6, 6.07) is 6.58. The highest BCUT2D eigenvalue weighted by Gasteiger charge is 2.32. The average molecular weight is 280 g/mol. The summed E-state index contributed by atoms with van der Waals surface area (Å²) in [4.78, 5) is 15.3. The maximum Gasteiger partial charge on any atom is 0.321 e. The second-order valence-corrected chi connectivity index (χ2v) is 6.41. The standard InChI is InChI=1S/C13H16N2O3S/c1-13(2,11(14)12(16)17)19-7-10-15-8-5-3-4-6-9(8)18-10/h3-6,11H,7,14H2,1-2H3,(H,16,17)/t11-/m0/s1. The lowest BCUT2D eigenvalue weighted by Gasteiger charge is -2.27. The maximum absolute atomic E-state index is 10.9. The number of aromatic nitrogens is 1. The SMILES string of the molecule is CC(C)(SCc1nc2ccccc2o1)[C@@H](N)C(=O)O. The number of fused-ring (bicyclic) bond motifs is 1. The zero-order valence-corrected chi connectivity index (χ0v) is 11.6. The lowest BCUT2D eigenvalue weighted by atomic mass is 10.1. The van der Waals surface area contributed by atoms with Crippen LogP contribution in [0.15, 0.2) is 28.7 Å². The monoisotopic (exact) mass is 280 g/mol. The highest BCUT2D eigenvalue weighted by molar-refractivity contribution is 7.99. The van der Waals surface area contributed by atoms with Gasteiger partial charge in [-0.3, -0.25) is 4.79 Å². The van der Waals surface area contributed by atoms with Crippen LogP contribution in [0.4, 0.5) is 0 Å². The second-order valence-electron chi connectivity index (χ2n) is 4.78. The number of thioether (sulfide) groups is 1. The van der Waals surface area contributed by atoms with Gasteiger partial charge in [0.05, 0.1) is 5.75 Å². The molecule has 0 saturated heterocycles. The normalized spacial score (nSPS) is 13.6. The van der Waals surface area contributed by atoms with Gasteiger partial charge in [-0.1, -0.05) is 12.1 Å². The number of benzene rings is 1. The van der Waals surface area contributed by atoms with E-state index in [9.17, 15) is 4.79 Å². The molecule has 0 aliphatic rings. The van der Waals surface area contributed by atoms with E-state index in [0.29, 0.717) is 11.6 Å². The fourth-order valence-corrected chi connectivity index (χ4v) is 2.52. The molecule has 0 saturated carbocycles. The summed E-state index contributed by atoms with van der Waals surface area (Å²) in [5, 5.41) is 8.95. The first-order valence-electron chi connectivity index (χ1n) is 5.87. The van der Waals surface area contributed by atoms with Gasteiger partial charge in [-0.2, -0.15) is 0 Å². The van der Waals surface area contributed by atoms with Gasteiger partial charge in [0.25, 0.3) is 0 Å². The highest BCUT2D eigenvalue weighted by Crippen LogP contribution is 2.31. The third-order valence-electron chi connectivity index (χ3n) is 2.92. The Morgan fingerprint density at radius 3 is 2.84 bits per heavy atom. The smallest absolute Gasteiger partial charge is 0.321 e. The molecule has 5 nitrogen and oxygen atoms in total. The summed E-state index contributed by atoms with van der Waals surface area (Å²) in [7, 11) is 0. The summed E-state index contributed by atoms with van der Waals surface area (Å²) in [5.74, 6) is 0.0646. The zero-order valence-electron chi connectivity index (χ0n) is 10.8. The fraction of sp³-hybridized carbons (Fsp3) is 0.385. The van der Waals surface area contributed by atoms with E-state index in [1.54, 1.807) is 13.8 Å². The number of aliphatic carboxylic acids is 1. The second kappa shape index (κ2) is 5.22. The molecule has 0 bridgehead atoms. The summed E-state index contributed by atoms with van der Waals surface area (Å²) in [6.45, 7) is 3.61. The molecule has 0 aliphatic heterocycles. The number of para-hydroxylation sites is 2. The molecule has 0 radical (unpaired) electrons. The van der Waals surface area contributed by atoms with Gasteiger partial charge in [-0.15, -0.1) is 11.8 Å². The molecule has 0 unspecified atom stereocenters. The Bertz CT molecular complexity index is 561. The van der Waals surface area contributed by atoms with Crippen molar-refractivity contribution in [1.82, 2.24) is 4.98 Å². The van der Waals surface area contributed by atoms with Crippen molar-refractivity contribution in [3.8, 4) is 0 Å². The number of carboxylic acids is 1. The van der Waals surface area contributed by atoms with Gasteiger partial charge in [0.2, 0.25) is 5.89 Å². The first kappa shape index (κ1) is 13.9. The van der Waals surface area contributed by atoms with Crippen molar-refractivity contribution in [3.63, 3.8) is 0 Å². The molecular formula is C13H16N2O3S. The van der Waals surface area contributed by atoms with E-state index < -0.39 is 16.8 Å². The van der Waals surface area contributed by atoms with Gasteiger partial charge in [0.1, 0.15) is 11.6 Å². The van der Waals surface area contributed by atoms with Gasteiger partial charge in [0.15, 0.2) is 5.58 Å². The first-order valence-corrected chi connectivity index (χ1v) is 6.85. The predicted octanol–water partition coefficient (Wildman–Crippen LogP) is 2.25. The number of nitrogens with zero attached hydrogens (tertiary/aromatic N) is 1. The van der Waals surface area contributed by atoms with Crippen molar-refractivity contribution in [2.24, 2.45) is 5.73 Å². The number of carbonyl (C=O) groups is 1. The van der Waals surface area contributed by atoms with E-state index in [1.807, 2.05) is 24.3 Å². The molecule has 1 aromatic heterocycles. The quantitative estimate of drug-likeness (QED) is 0.873. The third kappa shape index (κ3) is 3.08. The average Bonchev–Trinajstić information content (AvgIpc) is 2.78. The molecule has 2 rings (SSSR count). The number of nitrogens with two attached hydrogens (primary N) is 1. The van der Waals surface area contributed by atoms with E-state index in [2.05, 4.69) is 4.98 Å². The molecule has 1 aromatic carbocycles. The van der Waals surface area contributed by atoms with Gasteiger partial charge in [-0.05, 0) is 26.0 Å². The number of hydrogen-bond donors (Lipinski definition) is 2. The number of hydrogen-bond acceptors (Lipinski definition) is 5. The first-order chi connectivity index (χ1) is 8.90. The van der Waals surface area contributed by atoms with E-state index in [0.717, 1.165) is 11.1 Å². The van der Waals surface area contributed by atoms with Crippen LogP contribution in [0.3, 0.4) is 0 Å². The maximum atomic E-state index is 10.9. The Kier molecular flexibility index (Phi) is 3.82. The van der Waals surface area contributed by atoms with Gasteiger partial charge in [0, 0.05) is 4.75 Å². The molecule has 0 amide bonds. The van der Waals surface area contributed by atoms with Gasteiger partial charge < -0.3 is 15.3 Å². The highest BCUT2D eigenvalue weighted by atomic mass is 32.2. The Balaban J connectivity index is 2.07. The molecule has 19 heavy (non-hydrogen) atoms. The topological polar surface area (TPSA) is 89.4 Å². The van der Waals surface area contributed by atoms with Crippen molar-refractivity contribution in [1.29, 1.82) is 0 Å². The Hall–Kier alpha value is -1.53. The van der Waals surface area contributed by atoms with Crippen LogP contribution in [0, 0.1) is 0 Å². The van der Waals surface area contributed by atoms with Crippen molar-refractivity contribution in [3.05, 3.63) is 30.2 Å². The summed E-state index contributed by atoms with van der Waals surface area (Å²) in [6.07, 6.45) is 0. The Morgan fingerprint density at radius 1 is 1.53 bits per heavy atom. The van der Waals surface area contributed by atoms with Crippen LogP contribution < -0.4 is 5.73 Å². The van der Waals surface area contributed by atoms with E-state index in [-0.39, 0.29) is 0 Å².